The molecule has 1 aromatic carbocycles. The van der Waals surface area contributed by atoms with Gasteiger partial charge < -0.3 is 14.9 Å². The Hall–Kier alpha value is -1.64. The Labute approximate surface area is 123 Å². The van der Waals surface area contributed by atoms with Crippen molar-refractivity contribution in [2.75, 3.05) is 7.11 Å². The van der Waals surface area contributed by atoms with Crippen LogP contribution in [0.1, 0.15) is 30.6 Å². The number of carbonyl (C=O) groups is 1. The van der Waals surface area contributed by atoms with Gasteiger partial charge in [-0.05, 0) is 38.5 Å². The number of methoxy groups -OCH3 is 1. The first kappa shape index (κ1) is 17.4. The van der Waals surface area contributed by atoms with Gasteiger partial charge in [-0.1, -0.05) is 0 Å². The van der Waals surface area contributed by atoms with E-state index in [1.54, 1.807) is 13.8 Å². The first-order valence-corrected chi connectivity index (χ1v) is 7.77. The van der Waals surface area contributed by atoms with Crippen molar-refractivity contribution in [3.8, 4) is 5.75 Å². The van der Waals surface area contributed by atoms with Crippen LogP contribution in [0.2, 0.25) is 0 Å². The molecule has 2 atom stereocenters. The number of nitrogens with one attached hydrogen (secondary N) is 1. The van der Waals surface area contributed by atoms with Crippen LogP contribution in [0.15, 0.2) is 23.1 Å². The predicted octanol–water partition coefficient (Wildman–Crippen LogP) is 0.831. The first-order valence-electron chi connectivity index (χ1n) is 6.29. The largest absolute Gasteiger partial charge is 0.495 e. The van der Waals surface area contributed by atoms with Crippen molar-refractivity contribution in [3.05, 3.63) is 23.8 Å². The molecule has 0 heterocycles. The van der Waals surface area contributed by atoms with Crippen LogP contribution in [0.5, 0.6) is 5.75 Å². The van der Waals surface area contributed by atoms with Crippen molar-refractivity contribution in [1.82, 2.24) is 4.72 Å². The van der Waals surface area contributed by atoms with E-state index in [4.69, 9.17) is 9.84 Å². The Morgan fingerprint density at radius 2 is 2.00 bits per heavy atom. The summed E-state index contributed by atoms with van der Waals surface area (Å²) in [5.41, 5.74) is -0.0668. The molecular weight excluding hydrogens is 298 g/mol. The molecular formula is C13H19NO6S. The van der Waals surface area contributed by atoms with E-state index in [9.17, 15) is 18.3 Å². The minimum atomic E-state index is -3.87. The van der Waals surface area contributed by atoms with Gasteiger partial charge in [-0.25, -0.2) is 17.9 Å². The van der Waals surface area contributed by atoms with Crippen molar-refractivity contribution >= 4 is 16.0 Å². The summed E-state index contributed by atoms with van der Waals surface area (Å²) in [6.07, 6.45) is -0.381. The van der Waals surface area contributed by atoms with Crippen LogP contribution in [-0.2, 0) is 10.0 Å². The molecule has 0 aliphatic rings. The summed E-state index contributed by atoms with van der Waals surface area (Å²) >= 11 is 0. The fourth-order valence-electron chi connectivity index (χ4n) is 1.91. The molecule has 0 amide bonds. The maximum absolute atomic E-state index is 12.3. The number of hydrogen-bond donors (Lipinski definition) is 3. The maximum atomic E-state index is 12.3. The van der Waals surface area contributed by atoms with Gasteiger partial charge in [-0.3, -0.25) is 0 Å². The quantitative estimate of drug-likeness (QED) is 0.686. The van der Waals surface area contributed by atoms with E-state index in [1.165, 1.54) is 19.2 Å². The van der Waals surface area contributed by atoms with Crippen molar-refractivity contribution in [2.24, 2.45) is 0 Å². The molecule has 8 heteroatoms. The highest BCUT2D eigenvalue weighted by Gasteiger charge is 2.23. The standard InChI is InChI=1S/C13H19NO6S/c1-8(6-9(2)15)14-21(18,19)12-5-4-10(13(16)17)7-11(12)20-3/h4-5,7-9,14-15H,6H2,1-3H3,(H,16,17). The number of aliphatic hydroxyl groups excluding tert-OH is 1. The van der Waals surface area contributed by atoms with E-state index in [1.807, 2.05) is 0 Å². The van der Waals surface area contributed by atoms with Crippen molar-refractivity contribution in [1.29, 1.82) is 0 Å². The fourth-order valence-corrected chi connectivity index (χ4v) is 3.32. The summed E-state index contributed by atoms with van der Waals surface area (Å²) in [5.74, 6) is -1.22. The van der Waals surface area contributed by atoms with Crippen LogP contribution < -0.4 is 9.46 Å². The SMILES string of the molecule is COc1cc(C(=O)O)ccc1S(=O)(=O)NC(C)CC(C)O. The van der Waals surface area contributed by atoms with Crippen LogP contribution >= 0.6 is 0 Å². The Kier molecular flexibility index (Phi) is 5.70. The second-order valence-electron chi connectivity index (χ2n) is 4.78. The zero-order valence-electron chi connectivity index (χ0n) is 12.0. The van der Waals surface area contributed by atoms with Crippen molar-refractivity contribution < 1.29 is 28.2 Å². The number of ether oxygens (including phenoxy) is 1. The molecule has 0 radical (unpaired) electrons. The number of carboxylic acid groups (broad SMARTS) is 1. The number of aliphatic hydroxyl groups is 1. The van der Waals surface area contributed by atoms with Gasteiger partial charge in [-0.2, -0.15) is 0 Å². The molecule has 0 saturated heterocycles. The van der Waals surface area contributed by atoms with Gasteiger partial charge in [0.15, 0.2) is 0 Å². The molecule has 3 N–H and O–H groups in total. The van der Waals surface area contributed by atoms with Gasteiger partial charge in [0.25, 0.3) is 0 Å². The molecule has 0 bridgehead atoms. The molecule has 2 unspecified atom stereocenters. The lowest BCUT2D eigenvalue weighted by Gasteiger charge is -2.17. The lowest BCUT2D eigenvalue weighted by atomic mass is 10.2. The van der Waals surface area contributed by atoms with E-state index >= 15 is 0 Å². The highest BCUT2D eigenvalue weighted by Crippen LogP contribution is 2.25. The van der Waals surface area contributed by atoms with E-state index in [2.05, 4.69) is 4.72 Å². The van der Waals surface area contributed by atoms with E-state index in [0.29, 0.717) is 0 Å². The number of benzene rings is 1. The summed E-state index contributed by atoms with van der Waals surface area (Å²) in [5, 5.41) is 18.2. The molecule has 0 aliphatic carbocycles. The molecule has 1 aromatic rings. The third kappa shape index (κ3) is 4.69. The average Bonchev–Trinajstić information content (AvgIpc) is 2.35. The van der Waals surface area contributed by atoms with Crippen LogP contribution in [0.3, 0.4) is 0 Å². The Morgan fingerprint density at radius 3 is 2.48 bits per heavy atom. The highest BCUT2D eigenvalue weighted by atomic mass is 32.2. The number of rotatable bonds is 7. The van der Waals surface area contributed by atoms with Crippen LogP contribution in [0.25, 0.3) is 0 Å². The third-order valence-corrected chi connectivity index (χ3v) is 4.38. The number of aromatic carboxylic acids is 1. The number of hydrogen-bond acceptors (Lipinski definition) is 5. The molecule has 0 saturated carbocycles. The van der Waals surface area contributed by atoms with Crippen LogP contribution in [0.4, 0.5) is 0 Å². The molecule has 0 aliphatic heterocycles. The minimum absolute atomic E-state index is 0.0494. The topological polar surface area (TPSA) is 113 Å². The highest BCUT2D eigenvalue weighted by molar-refractivity contribution is 7.89. The molecule has 118 valence electrons. The van der Waals surface area contributed by atoms with E-state index in [-0.39, 0.29) is 22.6 Å². The smallest absolute Gasteiger partial charge is 0.335 e. The molecule has 0 aromatic heterocycles. The minimum Gasteiger partial charge on any atom is -0.495 e. The lowest BCUT2D eigenvalue weighted by Crippen LogP contribution is -2.34. The molecule has 0 spiro atoms. The van der Waals surface area contributed by atoms with Gasteiger partial charge in [-0.15, -0.1) is 0 Å². The van der Waals surface area contributed by atoms with Crippen molar-refractivity contribution in [3.63, 3.8) is 0 Å². The van der Waals surface area contributed by atoms with Gasteiger partial charge in [0.1, 0.15) is 10.6 Å². The molecule has 1 rings (SSSR count). The maximum Gasteiger partial charge on any atom is 0.335 e. The van der Waals surface area contributed by atoms with Crippen LogP contribution in [-0.4, -0.2) is 43.9 Å². The van der Waals surface area contributed by atoms with E-state index < -0.39 is 28.1 Å². The summed E-state index contributed by atoms with van der Waals surface area (Å²) in [7, 11) is -2.61. The lowest BCUT2D eigenvalue weighted by molar-refractivity contribution is 0.0696. The molecule has 7 nitrogen and oxygen atoms in total. The zero-order valence-corrected chi connectivity index (χ0v) is 12.8. The zero-order chi connectivity index (χ0) is 16.2. The predicted molar refractivity (Wildman–Crippen MR) is 76.0 cm³/mol. The van der Waals surface area contributed by atoms with Gasteiger partial charge in [0, 0.05) is 6.04 Å². The second kappa shape index (κ2) is 6.88. The van der Waals surface area contributed by atoms with Crippen molar-refractivity contribution in [2.45, 2.75) is 37.3 Å². The van der Waals surface area contributed by atoms with Gasteiger partial charge in [0.05, 0.1) is 18.8 Å². The fraction of sp³-hybridized carbons (Fsp3) is 0.462. The Bertz CT molecular complexity index is 611. The molecule has 0 fully saturated rings. The normalized spacial score (nSPS) is 14.5. The number of sulfonamides is 1. The summed E-state index contributed by atoms with van der Waals surface area (Å²) < 4.78 is 31.9. The van der Waals surface area contributed by atoms with Gasteiger partial charge >= 0.3 is 5.97 Å². The Morgan fingerprint density at radius 1 is 1.38 bits per heavy atom. The van der Waals surface area contributed by atoms with Crippen LogP contribution in [0, 0.1) is 0 Å². The summed E-state index contributed by atoms with van der Waals surface area (Å²) in [6.45, 7) is 3.19. The Balaban J connectivity index is 3.10. The third-order valence-electron chi connectivity index (χ3n) is 2.75. The first-order chi connectivity index (χ1) is 9.67. The van der Waals surface area contributed by atoms with Gasteiger partial charge in [0.2, 0.25) is 10.0 Å². The van der Waals surface area contributed by atoms with E-state index in [0.717, 1.165) is 6.07 Å². The monoisotopic (exact) mass is 317 g/mol. The summed E-state index contributed by atoms with van der Waals surface area (Å²) in [4.78, 5) is 10.7. The second-order valence-corrected chi connectivity index (χ2v) is 6.46. The molecule has 21 heavy (non-hydrogen) atoms. The summed E-state index contributed by atoms with van der Waals surface area (Å²) in [6, 6.07) is 3.05. The average molecular weight is 317 g/mol. The number of carboxylic acids is 1.